The Bertz CT molecular complexity index is 163. The summed E-state index contributed by atoms with van der Waals surface area (Å²) in [5.74, 6) is 0. The highest BCUT2D eigenvalue weighted by Crippen LogP contribution is 2.02. The molecule has 0 aliphatic heterocycles. The highest BCUT2D eigenvalue weighted by atomic mass is 16.5. The molecule has 3 nitrogen and oxygen atoms in total. The highest BCUT2D eigenvalue weighted by Gasteiger charge is 2.07. The Morgan fingerprint density at radius 3 is 2.39 bits per heavy atom. The van der Waals surface area contributed by atoms with Gasteiger partial charge in [-0.05, 0) is 46.7 Å². The fourth-order valence-electron chi connectivity index (χ4n) is 1.98. The van der Waals surface area contributed by atoms with Crippen molar-refractivity contribution in [3.05, 3.63) is 0 Å². The number of hydrogen-bond donors (Lipinski definition) is 1. The van der Waals surface area contributed by atoms with Crippen molar-refractivity contribution >= 4 is 0 Å². The van der Waals surface area contributed by atoms with E-state index in [1.165, 1.54) is 25.8 Å². The number of rotatable bonds is 13. The Balaban J connectivity index is 3.46. The third-order valence-corrected chi connectivity index (χ3v) is 3.20. The fourth-order valence-corrected chi connectivity index (χ4v) is 1.98. The van der Waals surface area contributed by atoms with Gasteiger partial charge in [-0.15, -0.1) is 0 Å². The van der Waals surface area contributed by atoms with Gasteiger partial charge in [-0.25, -0.2) is 0 Å². The van der Waals surface area contributed by atoms with Gasteiger partial charge in [0.15, 0.2) is 0 Å². The molecule has 0 aromatic heterocycles. The van der Waals surface area contributed by atoms with Gasteiger partial charge in [-0.1, -0.05) is 19.8 Å². The van der Waals surface area contributed by atoms with Gasteiger partial charge >= 0.3 is 0 Å². The second-order valence-electron chi connectivity index (χ2n) is 5.14. The quantitative estimate of drug-likeness (QED) is 0.514. The molecule has 0 aromatic carbocycles. The maximum absolute atomic E-state index is 5.31. The molecule has 0 bridgehead atoms. The van der Waals surface area contributed by atoms with Crippen LogP contribution < -0.4 is 5.32 Å². The van der Waals surface area contributed by atoms with Crippen molar-refractivity contribution in [3.63, 3.8) is 0 Å². The zero-order valence-electron chi connectivity index (χ0n) is 13.0. The Labute approximate surface area is 114 Å². The first-order valence-corrected chi connectivity index (χ1v) is 7.74. The summed E-state index contributed by atoms with van der Waals surface area (Å²) in [6.07, 6.45) is 5.11. The summed E-state index contributed by atoms with van der Waals surface area (Å²) in [7, 11) is 0. The summed E-state index contributed by atoms with van der Waals surface area (Å²) >= 11 is 0. The molecular weight excluding hydrogens is 224 g/mol. The van der Waals surface area contributed by atoms with Gasteiger partial charge < -0.3 is 10.1 Å². The van der Waals surface area contributed by atoms with Gasteiger partial charge in [0, 0.05) is 32.3 Å². The van der Waals surface area contributed by atoms with E-state index in [1.807, 2.05) is 6.92 Å². The van der Waals surface area contributed by atoms with E-state index in [9.17, 15) is 0 Å². The van der Waals surface area contributed by atoms with E-state index in [2.05, 4.69) is 31.0 Å². The lowest BCUT2D eigenvalue weighted by atomic mass is 10.2. The first kappa shape index (κ1) is 17.9. The van der Waals surface area contributed by atoms with Crippen molar-refractivity contribution in [3.8, 4) is 0 Å². The minimum absolute atomic E-state index is 0.659. The van der Waals surface area contributed by atoms with E-state index in [0.717, 1.165) is 39.3 Å². The van der Waals surface area contributed by atoms with E-state index < -0.39 is 0 Å². The SMILES string of the molecule is CCCCCN(CCNCCCOCC)C(C)C. The van der Waals surface area contributed by atoms with Crippen molar-refractivity contribution in [2.75, 3.05) is 39.4 Å². The minimum Gasteiger partial charge on any atom is -0.382 e. The van der Waals surface area contributed by atoms with E-state index in [-0.39, 0.29) is 0 Å². The molecule has 3 heteroatoms. The fraction of sp³-hybridized carbons (Fsp3) is 1.00. The van der Waals surface area contributed by atoms with Crippen LogP contribution in [-0.2, 0) is 4.74 Å². The second kappa shape index (κ2) is 13.3. The van der Waals surface area contributed by atoms with Crippen molar-refractivity contribution in [1.82, 2.24) is 10.2 Å². The van der Waals surface area contributed by atoms with Crippen LogP contribution in [0.2, 0.25) is 0 Å². The molecule has 0 aromatic rings. The first-order valence-electron chi connectivity index (χ1n) is 7.74. The normalized spacial score (nSPS) is 11.7. The number of nitrogens with zero attached hydrogens (tertiary/aromatic N) is 1. The van der Waals surface area contributed by atoms with Crippen molar-refractivity contribution in [1.29, 1.82) is 0 Å². The monoisotopic (exact) mass is 258 g/mol. The van der Waals surface area contributed by atoms with E-state index in [1.54, 1.807) is 0 Å². The molecule has 0 heterocycles. The topological polar surface area (TPSA) is 24.5 Å². The molecule has 1 N–H and O–H groups in total. The second-order valence-corrected chi connectivity index (χ2v) is 5.14. The van der Waals surface area contributed by atoms with Gasteiger partial charge in [0.05, 0.1) is 0 Å². The average Bonchev–Trinajstić information content (AvgIpc) is 2.35. The lowest BCUT2D eigenvalue weighted by Crippen LogP contribution is -2.37. The van der Waals surface area contributed by atoms with Gasteiger partial charge in [0.25, 0.3) is 0 Å². The minimum atomic E-state index is 0.659. The molecule has 18 heavy (non-hydrogen) atoms. The third kappa shape index (κ3) is 11.0. The van der Waals surface area contributed by atoms with Crippen LogP contribution >= 0.6 is 0 Å². The molecule has 0 saturated heterocycles. The Morgan fingerprint density at radius 2 is 1.78 bits per heavy atom. The van der Waals surface area contributed by atoms with Gasteiger partial charge in [0.1, 0.15) is 0 Å². The largest absolute Gasteiger partial charge is 0.382 e. The Kier molecular flexibility index (Phi) is 13.2. The summed E-state index contributed by atoms with van der Waals surface area (Å²) in [5.41, 5.74) is 0. The standard InChI is InChI=1S/C15H34N2O/c1-5-7-8-12-17(15(3)4)13-11-16-10-9-14-18-6-2/h15-16H,5-14H2,1-4H3. The van der Waals surface area contributed by atoms with Crippen LogP contribution in [0.5, 0.6) is 0 Å². The van der Waals surface area contributed by atoms with Crippen LogP contribution in [0.25, 0.3) is 0 Å². The van der Waals surface area contributed by atoms with Crippen molar-refractivity contribution in [2.24, 2.45) is 0 Å². The van der Waals surface area contributed by atoms with Gasteiger partial charge in [-0.2, -0.15) is 0 Å². The van der Waals surface area contributed by atoms with Crippen molar-refractivity contribution in [2.45, 2.75) is 59.4 Å². The van der Waals surface area contributed by atoms with E-state index >= 15 is 0 Å². The van der Waals surface area contributed by atoms with Crippen LogP contribution in [0.3, 0.4) is 0 Å². The molecule has 0 aliphatic carbocycles. The third-order valence-electron chi connectivity index (χ3n) is 3.20. The summed E-state index contributed by atoms with van der Waals surface area (Å²) in [6.45, 7) is 15.2. The van der Waals surface area contributed by atoms with E-state index in [4.69, 9.17) is 4.74 Å². The van der Waals surface area contributed by atoms with Crippen LogP contribution in [0.1, 0.15) is 53.4 Å². The molecule has 0 aliphatic rings. The molecule has 0 rings (SSSR count). The highest BCUT2D eigenvalue weighted by molar-refractivity contribution is 4.64. The van der Waals surface area contributed by atoms with Gasteiger partial charge in [-0.3, -0.25) is 4.90 Å². The molecule has 0 radical (unpaired) electrons. The Hall–Kier alpha value is -0.120. The van der Waals surface area contributed by atoms with Crippen LogP contribution in [0, 0.1) is 0 Å². The zero-order chi connectivity index (χ0) is 13.6. The lowest BCUT2D eigenvalue weighted by Gasteiger charge is -2.26. The maximum atomic E-state index is 5.31. The smallest absolute Gasteiger partial charge is 0.0477 e. The van der Waals surface area contributed by atoms with Crippen LogP contribution in [0.15, 0.2) is 0 Å². The lowest BCUT2D eigenvalue weighted by molar-refractivity contribution is 0.144. The van der Waals surface area contributed by atoms with Crippen LogP contribution in [-0.4, -0.2) is 50.3 Å². The molecule has 0 unspecified atom stereocenters. The molecule has 0 fully saturated rings. The molecule has 0 spiro atoms. The van der Waals surface area contributed by atoms with E-state index in [0.29, 0.717) is 6.04 Å². The molecule has 0 atom stereocenters. The number of unbranched alkanes of at least 4 members (excludes halogenated alkanes) is 2. The first-order chi connectivity index (χ1) is 8.72. The molecule has 0 amide bonds. The molecule has 0 saturated carbocycles. The summed E-state index contributed by atoms with van der Waals surface area (Å²) < 4.78 is 5.31. The molecule has 110 valence electrons. The summed E-state index contributed by atoms with van der Waals surface area (Å²) in [5, 5.41) is 3.50. The number of nitrogens with one attached hydrogen (secondary N) is 1. The van der Waals surface area contributed by atoms with Crippen LogP contribution in [0.4, 0.5) is 0 Å². The Morgan fingerprint density at radius 1 is 1.00 bits per heavy atom. The number of ether oxygens (including phenoxy) is 1. The summed E-state index contributed by atoms with van der Waals surface area (Å²) in [4.78, 5) is 2.57. The predicted octanol–water partition coefficient (Wildman–Crippen LogP) is 2.90. The zero-order valence-corrected chi connectivity index (χ0v) is 13.0. The average molecular weight is 258 g/mol. The maximum Gasteiger partial charge on any atom is 0.0477 e. The summed E-state index contributed by atoms with van der Waals surface area (Å²) in [6, 6.07) is 0.659. The van der Waals surface area contributed by atoms with Crippen molar-refractivity contribution < 1.29 is 4.74 Å². The molecular formula is C15H34N2O. The number of hydrogen-bond acceptors (Lipinski definition) is 3. The predicted molar refractivity (Wildman–Crippen MR) is 80.2 cm³/mol. The van der Waals surface area contributed by atoms with Gasteiger partial charge in [0.2, 0.25) is 0 Å².